The summed E-state index contributed by atoms with van der Waals surface area (Å²) in [5.74, 6) is 1.51. The molecular weight excluding hydrogens is 186 g/mol. The Kier molecular flexibility index (Phi) is 3.79. The highest BCUT2D eigenvalue weighted by molar-refractivity contribution is 5.81. The van der Waals surface area contributed by atoms with Crippen LogP contribution in [0.5, 0.6) is 0 Å². The minimum atomic E-state index is 0.152. The molecule has 0 heterocycles. The first-order chi connectivity index (χ1) is 7.27. The molecule has 2 nitrogen and oxygen atoms in total. The van der Waals surface area contributed by atoms with E-state index in [1.807, 2.05) is 0 Å². The van der Waals surface area contributed by atoms with Gasteiger partial charge in [0.15, 0.2) is 0 Å². The minimum Gasteiger partial charge on any atom is -0.327 e. The summed E-state index contributed by atoms with van der Waals surface area (Å²) in [4.78, 5) is 12.0. The van der Waals surface area contributed by atoms with Crippen molar-refractivity contribution >= 4 is 5.78 Å². The van der Waals surface area contributed by atoms with Gasteiger partial charge in [-0.15, -0.1) is 0 Å². The van der Waals surface area contributed by atoms with Crippen molar-refractivity contribution in [1.29, 1.82) is 0 Å². The van der Waals surface area contributed by atoms with E-state index in [1.165, 1.54) is 32.1 Å². The Hall–Kier alpha value is -0.370. The predicted octanol–water partition coefficient (Wildman–Crippen LogP) is 2.65. The minimum absolute atomic E-state index is 0.152. The number of ketones is 1. The SMILES string of the molecule is NC1CCCCCC1C(=O)CCC1CC1. The van der Waals surface area contributed by atoms with Gasteiger partial charge >= 0.3 is 0 Å². The number of hydrogen-bond acceptors (Lipinski definition) is 2. The van der Waals surface area contributed by atoms with Gasteiger partial charge in [0, 0.05) is 18.4 Å². The van der Waals surface area contributed by atoms with Crippen LogP contribution in [0, 0.1) is 11.8 Å². The highest BCUT2D eigenvalue weighted by Gasteiger charge is 2.28. The van der Waals surface area contributed by atoms with E-state index in [2.05, 4.69) is 0 Å². The molecule has 0 saturated heterocycles. The molecule has 2 rings (SSSR count). The number of carbonyl (C=O) groups is 1. The Morgan fingerprint density at radius 2 is 1.80 bits per heavy atom. The third-order valence-electron chi connectivity index (χ3n) is 3.98. The van der Waals surface area contributed by atoms with Gasteiger partial charge in [-0.05, 0) is 25.2 Å². The molecular formula is C13H23NO. The first-order valence-electron chi connectivity index (χ1n) is 6.55. The normalized spacial score (nSPS) is 32.3. The number of Topliss-reactive ketones (excluding diaryl/α,β-unsaturated/α-hetero) is 1. The zero-order valence-electron chi connectivity index (χ0n) is 9.58. The van der Waals surface area contributed by atoms with Gasteiger partial charge in [-0.25, -0.2) is 0 Å². The van der Waals surface area contributed by atoms with Crippen LogP contribution >= 0.6 is 0 Å². The van der Waals surface area contributed by atoms with E-state index in [9.17, 15) is 4.79 Å². The van der Waals surface area contributed by atoms with Crippen LogP contribution in [0.3, 0.4) is 0 Å². The van der Waals surface area contributed by atoms with Crippen molar-refractivity contribution in [3.63, 3.8) is 0 Å². The third kappa shape index (κ3) is 3.30. The van der Waals surface area contributed by atoms with Gasteiger partial charge in [-0.3, -0.25) is 4.79 Å². The summed E-state index contributed by atoms with van der Waals surface area (Å²) in [6.07, 6.45) is 10.4. The second-order valence-electron chi connectivity index (χ2n) is 5.36. The molecule has 0 aliphatic heterocycles. The van der Waals surface area contributed by atoms with E-state index in [0.717, 1.165) is 31.6 Å². The molecule has 0 aromatic heterocycles. The third-order valence-corrected chi connectivity index (χ3v) is 3.98. The van der Waals surface area contributed by atoms with Crippen LogP contribution in [-0.4, -0.2) is 11.8 Å². The van der Waals surface area contributed by atoms with Crippen molar-refractivity contribution in [3.05, 3.63) is 0 Å². The maximum atomic E-state index is 12.0. The summed E-state index contributed by atoms with van der Waals surface area (Å²) < 4.78 is 0. The molecule has 2 atom stereocenters. The molecule has 0 amide bonds. The summed E-state index contributed by atoms with van der Waals surface area (Å²) in [6, 6.07) is 0.152. The maximum absolute atomic E-state index is 12.0. The Bertz CT molecular complexity index is 223. The van der Waals surface area contributed by atoms with Crippen LogP contribution < -0.4 is 5.73 Å². The van der Waals surface area contributed by atoms with Crippen LogP contribution in [0.15, 0.2) is 0 Å². The van der Waals surface area contributed by atoms with Gasteiger partial charge < -0.3 is 5.73 Å². The summed E-state index contributed by atoms with van der Waals surface area (Å²) in [5.41, 5.74) is 6.08. The van der Waals surface area contributed by atoms with Crippen molar-refractivity contribution in [2.75, 3.05) is 0 Å². The van der Waals surface area contributed by atoms with E-state index in [4.69, 9.17) is 5.73 Å². The lowest BCUT2D eigenvalue weighted by molar-refractivity contribution is -0.123. The Morgan fingerprint density at radius 1 is 1.07 bits per heavy atom. The average Bonchev–Trinajstić information content (AvgIpc) is 3.02. The van der Waals surface area contributed by atoms with Crippen molar-refractivity contribution < 1.29 is 4.79 Å². The van der Waals surface area contributed by atoms with Crippen molar-refractivity contribution in [3.8, 4) is 0 Å². The van der Waals surface area contributed by atoms with Crippen LogP contribution in [-0.2, 0) is 4.79 Å². The molecule has 2 saturated carbocycles. The molecule has 15 heavy (non-hydrogen) atoms. The molecule has 2 aliphatic rings. The van der Waals surface area contributed by atoms with Crippen LogP contribution in [0.2, 0.25) is 0 Å². The van der Waals surface area contributed by atoms with Crippen molar-refractivity contribution in [2.24, 2.45) is 17.6 Å². The standard InChI is InChI=1S/C13H23NO/c14-12-5-3-1-2-4-11(12)13(15)9-8-10-6-7-10/h10-12H,1-9,14H2. The number of hydrogen-bond donors (Lipinski definition) is 1. The second kappa shape index (κ2) is 5.11. The molecule has 2 unspecified atom stereocenters. The van der Waals surface area contributed by atoms with Crippen LogP contribution in [0.4, 0.5) is 0 Å². The maximum Gasteiger partial charge on any atom is 0.137 e. The van der Waals surface area contributed by atoms with Gasteiger partial charge in [-0.2, -0.15) is 0 Å². The van der Waals surface area contributed by atoms with Gasteiger partial charge in [-0.1, -0.05) is 32.1 Å². The average molecular weight is 209 g/mol. The molecule has 0 radical (unpaired) electrons. The molecule has 2 fully saturated rings. The molecule has 0 aromatic rings. The van der Waals surface area contributed by atoms with Gasteiger partial charge in [0.05, 0.1) is 0 Å². The monoisotopic (exact) mass is 209 g/mol. The van der Waals surface area contributed by atoms with Gasteiger partial charge in [0.1, 0.15) is 5.78 Å². The summed E-state index contributed by atoms with van der Waals surface area (Å²) in [7, 11) is 0. The molecule has 2 N–H and O–H groups in total. The Labute approximate surface area is 92.6 Å². The summed E-state index contributed by atoms with van der Waals surface area (Å²) >= 11 is 0. The summed E-state index contributed by atoms with van der Waals surface area (Å²) in [5, 5.41) is 0. The van der Waals surface area contributed by atoms with Crippen LogP contribution in [0.1, 0.15) is 57.8 Å². The number of nitrogens with two attached hydrogens (primary N) is 1. The first-order valence-corrected chi connectivity index (χ1v) is 6.55. The topological polar surface area (TPSA) is 43.1 Å². The highest BCUT2D eigenvalue weighted by Crippen LogP contribution is 2.34. The molecule has 0 spiro atoms. The lowest BCUT2D eigenvalue weighted by Gasteiger charge is -2.19. The fourth-order valence-corrected chi connectivity index (χ4v) is 2.67. The molecule has 86 valence electrons. The van der Waals surface area contributed by atoms with Gasteiger partial charge in [0.25, 0.3) is 0 Å². The van der Waals surface area contributed by atoms with E-state index >= 15 is 0 Å². The van der Waals surface area contributed by atoms with Gasteiger partial charge in [0.2, 0.25) is 0 Å². The Morgan fingerprint density at radius 3 is 2.53 bits per heavy atom. The number of carbonyl (C=O) groups excluding carboxylic acids is 1. The van der Waals surface area contributed by atoms with Crippen molar-refractivity contribution in [1.82, 2.24) is 0 Å². The van der Waals surface area contributed by atoms with E-state index in [1.54, 1.807) is 0 Å². The largest absolute Gasteiger partial charge is 0.327 e. The zero-order chi connectivity index (χ0) is 10.7. The highest BCUT2D eigenvalue weighted by atomic mass is 16.1. The Balaban J connectivity index is 1.79. The van der Waals surface area contributed by atoms with Crippen LogP contribution in [0.25, 0.3) is 0 Å². The first kappa shape index (κ1) is 11.1. The van der Waals surface area contributed by atoms with E-state index in [-0.39, 0.29) is 12.0 Å². The van der Waals surface area contributed by atoms with E-state index < -0.39 is 0 Å². The van der Waals surface area contributed by atoms with E-state index in [0.29, 0.717) is 5.78 Å². The fourth-order valence-electron chi connectivity index (χ4n) is 2.67. The van der Waals surface area contributed by atoms with Crippen molar-refractivity contribution in [2.45, 2.75) is 63.8 Å². The lowest BCUT2D eigenvalue weighted by Crippen LogP contribution is -2.34. The molecule has 2 heteroatoms. The molecule has 0 aromatic carbocycles. The molecule has 2 aliphatic carbocycles. The lowest BCUT2D eigenvalue weighted by atomic mass is 9.88. The summed E-state index contributed by atoms with van der Waals surface area (Å²) in [6.45, 7) is 0. The quantitative estimate of drug-likeness (QED) is 0.723. The predicted molar refractivity (Wildman–Crippen MR) is 61.5 cm³/mol. The molecule has 0 bridgehead atoms. The smallest absolute Gasteiger partial charge is 0.137 e. The number of rotatable bonds is 4. The fraction of sp³-hybridized carbons (Fsp3) is 0.923. The zero-order valence-corrected chi connectivity index (χ0v) is 9.58. The second-order valence-corrected chi connectivity index (χ2v) is 5.36.